The van der Waals surface area contributed by atoms with Crippen LogP contribution in [0.4, 0.5) is 18.9 Å². The van der Waals surface area contributed by atoms with E-state index < -0.39 is 17.6 Å². The quantitative estimate of drug-likeness (QED) is 0.894. The molecule has 0 spiro atoms. The highest BCUT2D eigenvalue weighted by Gasteiger charge is 2.34. The molecule has 0 aliphatic heterocycles. The van der Waals surface area contributed by atoms with E-state index in [1.54, 1.807) is 0 Å². The van der Waals surface area contributed by atoms with E-state index in [4.69, 9.17) is 11.6 Å². The summed E-state index contributed by atoms with van der Waals surface area (Å²) in [6.45, 7) is 3.60. The fraction of sp³-hybridized carbons (Fsp3) is 0.417. The molecular weight excluding hydrogens is 281 g/mol. The van der Waals surface area contributed by atoms with Crippen LogP contribution in [0, 0.1) is 0 Å². The molecule has 0 radical (unpaired) electrons. The molecule has 0 aliphatic rings. The van der Waals surface area contributed by atoms with Gasteiger partial charge in [-0.25, -0.2) is 0 Å². The summed E-state index contributed by atoms with van der Waals surface area (Å²) in [5, 5.41) is 5.00. The van der Waals surface area contributed by atoms with Crippen molar-refractivity contribution in [3.8, 4) is 0 Å². The lowest BCUT2D eigenvalue weighted by Crippen LogP contribution is -2.33. The summed E-state index contributed by atoms with van der Waals surface area (Å²) in [4.78, 5) is 11.5. The van der Waals surface area contributed by atoms with Gasteiger partial charge in [0.15, 0.2) is 0 Å². The molecule has 0 atom stereocenters. The van der Waals surface area contributed by atoms with E-state index in [0.717, 1.165) is 12.1 Å². The molecule has 1 aromatic carbocycles. The van der Waals surface area contributed by atoms with Crippen molar-refractivity contribution < 1.29 is 18.0 Å². The van der Waals surface area contributed by atoms with Gasteiger partial charge >= 0.3 is 6.18 Å². The maximum absolute atomic E-state index is 12.8. The molecular formula is C12H14ClF3N2O. The molecule has 1 amide bonds. The smallest absolute Gasteiger partial charge is 0.324 e. The minimum absolute atomic E-state index is 0.0365. The number of hydrogen-bond donors (Lipinski definition) is 2. The molecule has 0 unspecified atom stereocenters. The standard InChI is InChI=1S/C12H14ClF3N2O/c1-7(2)17-6-11(19)18-10-4-3-8(13)5-9(10)12(14,15)16/h3-5,7,17H,6H2,1-2H3,(H,18,19). The summed E-state index contributed by atoms with van der Waals surface area (Å²) >= 11 is 5.54. The molecule has 0 aromatic heterocycles. The van der Waals surface area contributed by atoms with Gasteiger partial charge in [0, 0.05) is 11.1 Å². The van der Waals surface area contributed by atoms with Crippen molar-refractivity contribution in [2.24, 2.45) is 0 Å². The van der Waals surface area contributed by atoms with E-state index in [1.807, 2.05) is 13.8 Å². The van der Waals surface area contributed by atoms with Crippen molar-refractivity contribution in [1.82, 2.24) is 5.32 Å². The molecule has 19 heavy (non-hydrogen) atoms. The Morgan fingerprint density at radius 1 is 1.37 bits per heavy atom. The Hall–Kier alpha value is -1.27. The van der Waals surface area contributed by atoms with Crippen molar-refractivity contribution in [2.45, 2.75) is 26.1 Å². The second kappa shape index (κ2) is 6.25. The molecule has 106 valence electrons. The van der Waals surface area contributed by atoms with Crippen LogP contribution in [-0.2, 0) is 11.0 Å². The molecule has 3 nitrogen and oxygen atoms in total. The van der Waals surface area contributed by atoms with Gasteiger partial charge < -0.3 is 10.6 Å². The molecule has 7 heteroatoms. The number of nitrogens with one attached hydrogen (secondary N) is 2. The third kappa shape index (κ3) is 5.08. The minimum Gasteiger partial charge on any atom is -0.324 e. The van der Waals surface area contributed by atoms with Crippen LogP contribution < -0.4 is 10.6 Å². The monoisotopic (exact) mass is 294 g/mol. The number of anilines is 1. The number of alkyl halides is 3. The number of carbonyl (C=O) groups excluding carboxylic acids is 1. The molecule has 2 N–H and O–H groups in total. The van der Waals surface area contributed by atoms with E-state index in [1.165, 1.54) is 6.07 Å². The van der Waals surface area contributed by atoms with Crippen LogP contribution >= 0.6 is 11.6 Å². The number of rotatable bonds is 4. The van der Waals surface area contributed by atoms with Crippen LogP contribution in [0.3, 0.4) is 0 Å². The summed E-state index contributed by atoms with van der Waals surface area (Å²) in [6, 6.07) is 3.28. The summed E-state index contributed by atoms with van der Waals surface area (Å²) in [5.41, 5.74) is -1.26. The van der Waals surface area contributed by atoms with Gasteiger partial charge in [-0.1, -0.05) is 25.4 Å². The first kappa shape index (κ1) is 15.8. The number of benzene rings is 1. The summed E-state index contributed by atoms with van der Waals surface area (Å²) in [5.74, 6) is -0.540. The number of amides is 1. The Kier molecular flexibility index (Phi) is 5.20. The lowest BCUT2D eigenvalue weighted by Gasteiger charge is -2.15. The van der Waals surface area contributed by atoms with E-state index in [2.05, 4.69) is 10.6 Å². The zero-order chi connectivity index (χ0) is 14.6. The number of carbonyl (C=O) groups is 1. The van der Waals surface area contributed by atoms with Gasteiger partial charge in [0.2, 0.25) is 5.91 Å². The first-order valence-corrected chi connectivity index (χ1v) is 5.98. The Balaban J connectivity index is 2.86. The molecule has 0 aliphatic carbocycles. The lowest BCUT2D eigenvalue weighted by molar-refractivity contribution is -0.137. The largest absolute Gasteiger partial charge is 0.418 e. The van der Waals surface area contributed by atoms with Crippen LogP contribution in [0.15, 0.2) is 18.2 Å². The molecule has 0 saturated heterocycles. The topological polar surface area (TPSA) is 41.1 Å². The van der Waals surface area contributed by atoms with Crippen molar-refractivity contribution in [2.75, 3.05) is 11.9 Å². The predicted molar refractivity (Wildman–Crippen MR) is 68.2 cm³/mol. The van der Waals surface area contributed by atoms with Crippen LogP contribution in [0.25, 0.3) is 0 Å². The summed E-state index contributed by atoms with van der Waals surface area (Å²) < 4.78 is 38.3. The lowest BCUT2D eigenvalue weighted by atomic mass is 10.1. The van der Waals surface area contributed by atoms with Crippen molar-refractivity contribution in [3.63, 3.8) is 0 Å². The third-order valence-electron chi connectivity index (χ3n) is 2.23. The van der Waals surface area contributed by atoms with Crippen molar-refractivity contribution in [1.29, 1.82) is 0 Å². The Morgan fingerprint density at radius 3 is 2.53 bits per heavy atom. The Labute approximate surface area is 114 Å². The van der Waals surface area contributed by atoms with Gasteiger partial charge in [-0.3, -0.25) is 4.79 Å². The molecule has 1 aromatic rings. The van der Waals surface area contributed by atoms with Gasteiger partial charge in [0.25, 0.3) is 0 Å². The fourth-order valence-corrected chi connectivity index (χ4v) is 1.52. The highest BCUT2D eigenvalue weighted by molar-refractivity contribution is 6.30. The highest BCUT2D eigenvalue weighted by atomic mass is 35.5. The van der Waals surface area contributed by atoms with Crippen molar-refractivity contribution >= 4 is 23.2 Å². The highest BCUT2D eigenvalue weighted by Crippen LogP contribution is 2.36. The van der Waals surface area contributed by atoms with Crippen molar-refractivity contribution in [3.05, 3.63) is 28.8 Å². The fourth-order valence-electron chi connectivity index (χ4n) is 1.35. The zero-order valence-corrected chi connectivity index (χ0v) is 11.2. The first-order valence-electron chi connectivity index (χ1n) is 5.60. The van der Waals surface area contributed by atoms with Crippen LogP contribution in [0.1, 0.15) is 19.4 Å². The van der Waals surface area contributed by atoms with E-state index >= 15 is 0 Å². The van der Waals surface area contributed by atoms with Gasteiger partial charge in [0.1, 0.15) is 0 Å². The maximum Gasteiger partial charge on any atom is 0.418 e. The number of halogens is 4. The SMILES string of the molecule is CC(C)NCC(=O)Nc1ccc(Cl)cc1C(F)(F)F. The zero-order valence-electron chi connectivity index (χ0n) is 10.4. The van der Waals surface area contributed by atoms with Gasteiger partial charge in [-0.2, -0.15) is 13.2 Å². The predicted octanol–water partition coefficient (Wildman–Crippen LogP) is 3.30. The summed E-state index contributed by atoms with van der Waals surface area (Å²) in [6.07, 6.45) is -4.57. The minimum atomic E-state index is -4.57. The third-order valence-corrected chi connectivity index (χ3v) is 2.47. The van der Waals surface area contributed by atoms with Gasteiger partial charge in [0.05, 0.1) is 17.8 Å². The molecule has 1 rings (SSSR count). The van der Waals surface area contributed by atoms with Crippen LogP contribution in [0.2, 0.25) is 5.02 Å². The van der Waals surface area contributed by atoms with Gasteiger partial charge in [-0.05, 0) is 18.2 Å². The second-order valence-electron chi connectivity index (χ2n) is 4.27. The van der Waals surface area contributed by atoms with Crippen LogP contribution in [-0.4, -0.2) is 18.5 Å². The first-order chi connectivity index (χ1) is 8.70. The Bertz CT molecular complexity index is 461. The molecule has 0 bridgehead atoms. The molecule has 0 heterocycles. The summed E-state index contributed by atoms with van der Waals surface area (Å²) in [7, 11) is 0. The van der Waals surface area contributed by atoms with E-state index in [9.17, 15) is 18.0 Å². The van der Waals surface area contributed by atoms with E-state index in [0.29, 0.717) is 0 Å². The average molecular weight is 295 g/mol. The number of hydrogen-bond acceptors (Lipinski definition) is 2. The maximum atomic E-state index is 12.8. The molecule has 0 fully saturated rings. The average Bonchev–Trinajstić information content (AvgIpc) is 2.27. The Morgan fingerprint density at radius 2 is 2.00 bits per heavy atom. The van der Waals surface area contributed by atoms with Gasteiger partial charge in [-0.15, -0.1) is 0 Å². The molecule has 0 saturated carbocycles. The normalized spacial score (nSPS) is 11.7. The van der Waals surface area contributed by atoms with Crippen LogP contribution in [0.5, 0.6) is 0 Å². The second-order valence-corrected chi connectivity index (χ2v) is 4.71. The van der Waals surface area contributed by atoms with E-state index in [-0.39, 0.29) is 23.3 Å².